The van der Waals surface area contributed by atoms with Crippen LogP contribution in [-0.2, 0) is 5.60 Å². The van der Waals surface area contributed by atoms with Crippen LogP contribution in [0.3, 0.4) is 0 Å². The average Bonchev–Trinajstić information content (AvgIpc) is 2.81. The molecule has 1 aromatic rings. The Morgan fingerprint density at radius 3 is 2.23 bits per heavy atom. The molecule has 3 aliphatic rings. The summed E-state index contributed by atoms with van der Waals surface area (Å²) in [5.74, 6) is 0.896. The second-order valence-electron chi connectivity index (χ2n) is 9.56. The van der Waals surface area contributed by atoms with Gasteiger partial charge in [0.05, 0.1) is 6.61 Å². The number of rotatable bonds is 9. The molecule has 170 valence electrons. The Morgan fingerprint density at radius 2 is 1.61 bits per heavy atom. The zero-order valence-corrected chi connectivity index (χ0v) is 19.3. The van der Waals surface area contributed by atoms with Gasteiger partial charge in [-0.1, -0.05) is 37.1 Å². The smallest absolute Gasteiger partial charge is 0.119 e. The van der Waals surface area contributed by atoms with Crippen molar-refractivity contribution in [1.29, 1.82) is 0 Å². The predicted octanol–water partition coefficient (Wildman–Crippen LogP) is 4.89. The van der Waals surface area contributed by atoms with Crippen molar-refractivity contribution in [2.24, 2.45) is 0 Å². The minimum Gasteiger partial charge on any atom is -0.494 e. The van der Waals surface area contributed by atoms with Crippen LogP contribution in [0.4, 0.5) is 0 Å². The molecule has 1 unspecified atom stereocenters. The van der Waals surface area contributed by atoms with Gasteiger partial charge in [-0.25, -0.2) is 0 Å². The van der Waals surface area contributed by atoms with Gasteiger partial charge in [-0.3, -0.25) is 4.90 Å². The highest BCUT2D eigenvalue weighted by Crippen LogP contribution is 2.45. The maximum atomic E-state index is 11.3. The fraction of sp³-hybridized carbons (Fsp3) is 0.630. The third-order valence-corrected chi connectivity index (χ3v) is 7.24. The molecule has 0 bridgehead atoms. The van der Waals surface area contributed by atoms with Gasteiger partial charge >= 0.3 is 0 Å². The second kappa shape index (κ2) is 10.8. The van der Waals surface area contributed by atoms with Gasteiger partial charge in [-0.15, -0.1) is 0 Å². The highest BCUT2D eigenvalue weighted by atomic mass is 16.5. The van der Waals surface area contributed by atoms with Crippen LogP contribution < -0.4 is 4.74 Å². The van der Waals surface area contributed by atoms with Crippen LogP contribution in [0.25, 0.3) is 0 Å². The van der Waals surface area contributed by atoms with Crippen LogP contribution in [0.15, 0.2) is 47.6 Å². The Balaban J connectivity index is 1.26. The lowest BCUT2D eigenvalue weighted by atomic mass is 9.72. The first-order valence-corrected chi connectivity index (χ1v) is 12.4. The van der Waals surface area contributed by atoms with Crippen molar-refractivity contribution in [1.82, 2.24) is 9.80 Å². The van der Waals surface area contributed by atoms with Crippen molar-refractivity contribution < 1.29 is 9.84 Å². The number of aliphatic hydroxyl groups is 1. The molecule has 2 saturated heterocycles. The van der Waals surface area contributed by atoms with Crippen molar-refractivity contribution in [3.05, 3.63) is 53.1 Å². The molecule has 1 N–H and O–H groups in total. The number of likely N-dealkylation sites (tertiary alicyclic amines) is 2. The van der Waals surface area contributed by atoms with E-state index in [0.717, 1.165) is 43.0 Å². The van der Waals surface area contributed by atoms with Crippen molar-refractivity contribution in [3.8, 4) is 5.75 Å². The van der Waals surface area contributed by atoms with Crippen molar-refractivity contribution in [3.63, 3.8) is 0 Å². The molecule has 4 nitrogen and oxygen atoms in total. The van der Waals surface area contributed by atoms with Crippen molar-refractivity contribution in [2.45, 2.75) is 63.9 Å². The average molecular weight is 425 g/mol. The van der Waals surface area contributed by atoms with Gasteiger partial charge in [0.25, 0.3) is 0 Å². The highest BCUT2D eigenvalue weighted by Gasteiger charge is 2.39. The molecule has 4 rings (SSSR count). The summed E-state index contributed by atoms with van der Waals surface area (Å²) in [7, 11) is 0. The standard InChI is InChI=1S/C27H40N2O2/c1-23(14-21-29-18-6-3-7-19-29)26-13-15-27(26,30)24-9-11-25(12-10-24)31-22-8-20-28-16-4-2-5-17-28/h9-14,30H,2-8,15-22H2,1H3/b23-14+. The van der Waals surface area contributed by atoms with Gasteiger partial charge in [0.1, 0.15) is 11.4 Å². The first-order chi connectivity index (χ1) is 15.1. The predicted molar refractivity (Wildman–Crippen MR) is 127 cm³/mol. The zero-order valence-electron chi connectivity index (χ0n) is 19.3. The number of nitrogens with zero attached hydrogens (tertiary/aromatic N) is 2. The number of benzene rings is 1. The third-order valence-electron chi connectivity index (χ3n) is 7.24. The zero-order chi connectivity index (χ0) is 21.5. The monoisotopic (exact) mass is 424 g/mol. The van der Waals surface area contributed by atoms with Gasteiger partial charge in [-0.2, -0.15) is 0 Å². The molecule has 0 aromatic heterocycles. The summed E-state index contributed by atoms with van der Waals surface area (Å²) in [6.07, 6.45) is 14.3. The van der Waals surface area contributed by atoms with Crippen LogP contribution in [-0.4, -0.2) is 60.8 Å². The van der Waals surface area contributed by atoms with E-state index in [0.29, 0.717) is 6.42 Å². The summed E-state index contributed by atoms with van der Waals surface area (Å²) in [6.45, 7) is 9.91. The molecule has 31 heavy (non-hydrogen) atoms. The molecule has 0 radical (unpaired) electrons. The second-order valence-corrected chi connectivity index (χ2v) is 9.56. The third kappa shape index (κ3) is 5.79. The van der Waals surface area contributed by atoms with Crippen LogP contribution >= 0.6 is 0 Å². The van der Waals surface area contributed by atoms with E-state index in [4.69, 9.17) is 4.74 Å². The summed E-state index contributed by atoms with van der Waals surface area (Å²) in [5, 5.41) is 11.3. The van der Waals surface area contributed by atoms with Crippen LogP contribution in [0.1, 0.15) is 63.9 Å². The quantitative estimate of drug-likeness (QED) is 0.573. The van der Waals surface area contributed by atoms with E-state index in [1.54, 1.807) is 0 Å². The molecular weight excluding hydrogens is 384 g/mol. The molecule has 0 amide bonds. The SMILES string of the molecule is C/C(=C\CN1CCCCC1)C1=CCC1(O)c1ccc(OCCCN2CCCCC2)cc1. The molecule has 1 atom stereocenters. The molecule has 2 heterocycles. The lowest BCUT2D eigenvalue weighted by Gasteiger charge is -2.39. The lowest BCUT2D eigenvalue weighted by molar-refractivity contribution is 0.0618. The number of hydrogen-bond donors (Lipinski definition) is 1. The van der Waals surface area contributed by atoms with Crippen molar-refractivity contribution in [2.75, 3.05) is 45.9 Å². The Labute approximate surface area is 188 Å². The highest BCUT2D eigenvalue weighted by molar-refractivity contribution is 5.50. The van der Waals surface area contributed by atoms with E-state index >= 15 is 0 Å². The minimum absolute atomic E-state index is 0.688. The molecule has 2 aliphatic heterocycles. The molecule has 0 spiro atoms. The van der Waals surface area contributed by atoms with Gasteiger partial charge in [0.2, 0.25) is 0 Å². The largest absolute Gasteiger partial charge is 0.494 e. The van der Waals surface area contributed by atoms with E-state index in [1.807, 2.05) is 24.3 Å². The fourth-order valence-corrected chi connectivity index (χ4v) is 5.16. The lowest BCUT2D eigenvalue weighted by Crippen LogP contribution is -2.35. The Morgan fingerprint density at radius 1 is 0.968 bits per heavy atom. The van der Waals surface area contributed by atoms with Crippen molar-refractivity contribution >= 4 is 0 Å². The molecular formula is C27H40N2O2. The van der Waals surface area contributed by atoms with Gasteiger partial charge < -0.3 is 14.7 Å². The van der Waals surface area contributed by atoms with Gasteiger partial charge in [0.15, 0.2) is 0 Å². The molecule has 2 fully saturated rings. The summed E-state index contributed by atoms with van der Waals surface area (Å²) >= 11 is 0. The molecule has 1 aliphatic carbocycles. The molecule has 0 saturated carbocycles. The van der Waals surface area contributed by atoms with E-state index in [9.17, 15) is 5.11 Å². The van der Waals surface area contributed by atoms with Gasteiger partial charge in [0, 0.05) is 19.5 Å². The van der Waals surface area contributed by atoms with Crippen LogP contribution in [0.5, 0.6) is 5.75 Å². The summed E-state index contributed by atoms with van der Waals surface area (Å²) in [4.78, 5) is 5.07. The number of ether oxygens (including phenoxy) is 1. The van der Waals surface area contributed by atoms with E-state index in [-0.39, 0.29) is 0 Å². The first kappa shape index (κ1) is 22.6. The topological polar surface area (TPSA) is 35.9 Å². The summed E-state index contributed by atoms with van der Waals surface area (Å²) < 4.78 is 5.96. The summed E-state index contributed by atoms with van der Waals surface area (Å²) in [5.41, 5.74) is 2.39. The normalized spacial score (nSPS) is 25.7. The van der Waals surface area contributed by atoms with Gasteiger partial charge in [-0.05, 0) is 94.0 Å². The first-order valence-electron chi connectivity index (χ1n) is 12.4. The maximum absolute atomic E-state index is 11.3. The van der Waals surface area contributed by atoms with E-state index < -0.39 is 5.60 Å². The maximum Gasteiger partial charge on any atom is 0.119 e. The minimum atomic E-state index is -0.852. The summed E-state index contributed by atoms with van der Waals surface area (Å²) in [6, 6.07) is 8.09. The fourth-order valence-electron chi connectivity index (χ4n) is 5.16. The van der Waals surface area contributed by atoms with Crippen LogP contribution in [0, 0.1) is 0 Å². The van der Waals surface area contributed by atoms with E-state index in [1.165, 1.54) is 70.3 Å². The number of piperidine rings is 2. The Kier molecular flexibility index (Phi) is 7.86. The molecule has 1 aromatic carbocycles. The number of hydrogen-bond acceptors (Lipinski definition) is 4. The Bertz CT molecular complexity index is 758. The van der Waals surface area contributed by atoms with Crippen LogP contribution in [0.2, 0.25) is 0 Å². The van der Waals surface area contributed by atoms with E-state index in [2.05, 4.69) is 28.9 Å². The Hall–Kier alpha value is -1.62. The molecule has 4 heteroatoms.